The Morgan fingerprint density at radius 3 is 2.41 bits per heavy atom. The van der Waals surface area contributed by atoms with Gasteiger partial charge in [-0.05, 0) is 50.2 Å². The maximum absolute atomic E-state index is 12.4. The lowest BCUT2D eigenvalue weighted by atomic mass is 10.3. The van der Waals surface area contributed by atoms with Crippen LogP contribution in [0.3, 0.4) is 0 Å². The molecule has 2 aromatic carbocycles. The quantitative estimate of drug-likeness (QED) is 0.490. The third kappa shape index (κ3) is 5.46. The fourth-order valence-corrected chi connectivity index (χ4v) is 3.14. The lowest BCUT2D eigenvalue weighted by molar-refractivity contribution is -0.115. The number of nitrogens with zero attached hydrogens (tertiary/aromatic N) is 2. The Hall–Kier alpha value is -3.06. The maximum Gasteiger partial charge on any atom is 0.237 e. The number of hydrogen-bond donors (Lipinski definition) is 2. The maximum atomic E-state index is 12.4. The zero-order valence-corrected chi connectivity index (χ0v) is 15.9. The van der Waals surface area contributed by atoms with Crippen molar-refractivity contribution in [1.29, 1.82) is 0 Å². The Labute approximate surface area is 162 Å². The molecule has 1 unspecified atom stereocenters. The normalized spacial score (nSPS) is 11.6. The highest BCUT2D eigenvalue weighted by Gasteiger charge is 2.16. The smallest absolute Gasteiger partial charge is 0.237 e. The van der Waals surface area contributed by atoms with Crippen molar-refractivity contribution in [3.8, 4) is 11.5 Å². The van der Waals surface area contributed by atoms with Gasteiger partial charge in [0, 0.05) is 17.4 Å². The Bertz CT molecular complexity index is 897. The topological polar surface area (TPSA) is 90.1 Å². The summed E-state index contributed by atoms with van der Waals surface area (Å²) in [5, 5.41) is 3.00. The Morgan fingerprint density at radius 2 is 1.74 bits per heavy atom. The van der Waals surface area contributed by atoms with E-state index in [1.807, 2.05) is 49.4 Å². The third-order valence-electron chi connectivity index (χ3n) is 3.61. The molecule has 0 radical (unpaired) electrons. The van der Waals surface area contributed by atoms with Gasteiger partial charge in [-0.25, -0.2) is 9.97 Å². The van der Waals surface area contributed by atoms with Gasteiger partial charge >= 0.3 is 0 Å². The SMILES string of the molecule is Cc1cc(N)nc(SC(C)C(=O)Nc2ccc(Oc3ccccc3)cc2)n1. The molecule has 0 spiro atoms. The first-order valence-electron chi connectivity index (χ1n) is 8.41. The molecule has 7 heteroatoms. The standard InChI is InChI=1S/C20H20N4O2S/c1-13-12-18(21)24-20(22-13)27-14(2)19(25)23-15-8-10-17(11-9-15)26-16-6-4-3-5-7-16/h3-12,14H,1-2H3,(H,23,25)(H2,21,22,24). The van der Waals surface area contributed by atoms with Gasteiger partial charge < -0.3 is 15.8 Å². The van der Waals surface area contributed by atoms with Gasteiger partial charge in [0.1, 0.15) is 17.3 Å². The summed E-state index contributed by atoms with van der Waals surface area (Å²) in [6, 6.07) is 18.4. The van der Waals surface area contributed by atoms with Crippen molar-refractivity contribution in [2.24, 2.45) is 0 Å². The zero-order valence-electron chi connectivity index (χ0n) is 15.0. The minimum absolute atomic E-state index is 0.139. The van der Waals surface area contributed by atoms with E-state index in [0.717, 1.165) is 11.4 Å². The number of amides is 1. The lowest BCUT2D eigenvalue weighted by Gasteiger charge is -2.12. The van der Waals surface area contributed by atoms with Crippen LogP contribution in [0.4, 0.5) is 11.5 Å². The molecule has 1 heterocycles. The summed E-state index contributed by atoms with van der Waals surface area (Å²) in [7, 11) is 0. The van der Waals surface area contributed by atoms with E-state index in [4.69, 9.17) is 10.5 Å². The second-order valence-electron chi connectivity index (χ2n) is 5.91. The number of carbonyl (C=O) groups excluding carboxylic acids is 1. The van der Waals surface area contributed by atoms with Crippen molar-refractivity contribution in [2.75, 3.05) is 11.1 Å². The van der Waals surface area contributed by atoms with Crippen LogP contribution in [0.1, 0.15) is 12.6 Å². The first-order valence-corrected chi connectivity index (χ1v) is 9.29. The number of carbonyl (C=O) groups is 1. The molecular weight excluding hydrogens is 360 g/mol. The van der Waals surface area contributed by atoms with Crippen LogP contribution in [-0.2, 0) is 4.79 Å². The van der Waals surface area contributed by atoms with E-state index >= 15 is 0 Å². The Kier molecular flexibility index (Phi) is 5.93. The summed E-state index contributed by atoms with van der Waals surface area (Å²) in [5.41, 5.74) is 7.19. The number of rotatable bonds is 6. The van der Waals surface area contributed by atoms with Crippen LogP contribution in [-0.4, -0.2) is 21.1 Å². The molecule has 1 atom stereocenters. The zero-order chi connectivity index (χ0) is 19.2. The van der Waals surface area contributed by atoms with Gasteiger partial charge in [-0.3, -0.25) is 4.79 Å². The molecule has 0 bridgehead atoms. The summed E-state index contributed by atoms with van der Waals surface area (Å²) in [5.74, 6) is 1.72. The molecule has 3 N–H and O–H groups in total. The molecule has 0 saturated heterocycles. The summed E-state index contributed by atoms with van der Waals surface area (Å²) in [6.07, 6.45) is 0. The molecular formula is C20H20N4O2S. The molecule has 1 amide bonds. The first-order chi connectivity index (χ1) is 13.0. The number of aryl methyl sites for hydroxylation is 1. The number of thioether (sulfide) groups is 1. The van der Waals surface area contributed by atoms with E-state index in [1.54, 1.807) is 25.1 Å². The second kappa shape index (κ2) is 8.55. The molecule has 27 heavy (non-hydrogen) atoms. The van der Waals surface area contributed by atoms with Crippen molar-refractivity contribution in [3.63, 3.8) is 0 Å². The highest BCUT2D eigenvalue weighted by atomic mass is 32.2. The van der Waals surface area contributed by atoms with Crippen LogP contribution in [0.15, 0.2) is 65.8 Å². The molecule has 0 aliphatic carbocycles. The van der Waals surface area contributed by atoms with Crippen LogP contribution in [0.5, 0.6) is 11.5 Å². The molecule has 0 aliphatic rings. The van der Waals surface area contributed by atoms with Gasteiger partial charge in [-0.2, -0.15) is 0 Å². The number of nitrogen functional groups attached to an aromatic ring is 1. The van der Waals surface area contributed by atoms with Crippen molar-refractivity contribution in [3.05, 3.63) is 66.4 Å². The largest absolute Gasteiger partial charge is 0.457 e. The summed E-state index contributed by atoms with van der Waals surface area (Å²) < 4.78 is 5.74. The highest BCUT2D eigenvalue weighted by molar-refractivity contribution is 8.00. The van der Waals surface area contributed by atoms with Gasteiger partial charge in [0.05, 0.1) is 5.25 Å². The predicted molar refractivity (Wildman–Crippen MR) is 108 cm³/mol. The summed E-state index contributed by atoms with van der Waals surface area (Å²) in [6.45, 7) is 3.64. The van der Waals surface area contributed by atoms with Gasteiger partial charge in [0.2, 0.25) is 5.91 Å². The van der Waals surface area contributed by atoms with Gasteiger partial charge in [-0.1, -0.05) is 30.0 Å². The average molecular weight is 380 g/mol. The van der Waals surface area contributed by atoms with Crippen molar-refractivity contribution in [1.82, 2.24) is 9.97 Å². The van der Waals surface area contributed by atoms with E-state index in [2.05, 4.69) is 15.3 Å². The second-order valence-corrected chi connectivity index (χ2v) is 7.21. The van der Waals surface area contributed by atoms with Gasteiger partial charge in [0.25, 0.3) is 0 Å². The summed E-state index contributed by atoms with van der Waals surface area (Å²) >= 11 is 1.27. The number of ether oxygens (including phenoxy) is 1. The number of para-hydroxylation sites is 1. The van der Waals surface area contributed by atoms with Crippen LogP contribution in [0, 0.1) is 6.92 Å². The van der Waals surface area contributed by atoms with E-state index < -0.39 is 0 Å². The number of anilines is 2. The average Bonchev–Trinajstić information content (AvgIpc) is 2.63. The number of hydrogen-bond acceptors (Lipinski definition) is 6. The fourth-order valence-electron chi connectivity index (χ4n) is 2.30. The minimum atomic E-state index is -0.369. The number of aromatic nitrogens is 2. The fraction of sp³-hybridized carbons (Fsp3) is 0.150. The molecule has 6 nitrogen and oxygen atoms in total. The molecule has 0 aliphatic heterocycles. The molecule has 1 aromatic heterocycles. The van der Waals surface area contributed by atoms with Crippen LogP contribution >= 0.6 is 11.8 Å². The van der Waals surface area contributed by atoms with Crippen molar-refractivity contribution < 1.29 is 9.53 Å². The highest BCUT2D eigenvalue weighted by Crippen LogP contribution is 2.24. The van der Waals surface area contributed by atoms with Crippen LogP contribution < -0.4 is 15.8 Å². The molecule has 3 rings (SSSR count). The molecule has 0 saturated carbocycles. The van der Waals surface area contributed by atoms with E-state index in [-0.39, 0.29) is 11.2 Å². The Morgan fingerprint density at radius 1 is 1.07 bits per heavy atom. The predicted octanol–water partition coefficient (Wildman–Crippen LogP) is 4.28. The van der Waals surface area contributed by atoms with E-state index in [9.17, 15) is 4.79 Å². The van der Waals surface area contributed by atoms with E-state index in [1.165, 1.54) is 11.8 Å². The molecule has 138 valence electrons. The number of nitrogens with two attached hydrogens (primary N) is 1. The first kappa shape index (κ1) is 18.7. The molecule has 3 aromatic rings. The number of nitrogens with one attached hydrogen (secondary N) is 1. The number of benzene rings is 2. The molecule has 0 fully saturated rings. The monoisotopic (exact) mass is 380 g/mol. The summed E-state index contributed by atoms with van der Waals surface area (Å²) in [4.78, 5) is 20.9. The van der Waals surface area contributed by atoms with Crippen LogP contribution in [0.2, 0.25) is 0 Å². The van der Waals surface area contributed by atoms with E-state index in [0.29, 0.717) is 22.4 Å². The van der Waals surface area contributed by atoms with Crippen LogP contribution in [0.25, 0.3) is 0 Å². The van der Waals surface area contributed by atoms with Crippen molar-refractivity contribution >= 4 is 29.2 Å². The van der Waals surface area contributed by atoms with Crippen molar-refractivity contribution in [2.45, 2.75) is 24.3 Å². The lowest BCUT2D eigenvalue weighted by Crippen LogP contribution is -2.22. The Balaban J connectivity index is 1.58. The minimum Gasteiger partial charge on any atom is -0.457 e. The van der Waals surface area contributed by atoms with Gasteiger partial charge in [-0.15, -0.1) is 0 Å². The van der Waals surface area contributed by atoms with Gasteiger partial charge in [0.15, 0.2) is 5.16 Å². The third-order valence-corrected chi connectivity index (χ3v) is 4.57.